The Kier molecular flexibility index (Phi) is 3.73. The Morgan fingerprint density at radius 2 is 2.28 bits per heavy atom. The van der Waals surface area contributed by atoms with E-state index in [2.05, 4.69) is 10.3 Å². The maximum absolute atomic E-state index is 13.1. The van der Waals surface area contributed by atoms with E-state index < -0.39 is 10.7 Å². The van der Waals surface area contributed by atoms with Crippen LogP contribution in [0.2, 0.25) is 4.34 Å². The molecule has 0 saturated heterocycles. The summed E-state index contributed by atoms with van der Waals surface area (Å²) in [5, 5.41) is 14.1. The largest absolute Gasteiger partial charge is 0.378 e. The number of rotatable bonds is 4. The molecule has 1 aromatic carbocycles. The van der Waals surface area contributed by atoms with Crippen LogP contribution >= 0.6 is 22.9 Å². The molecule has 0 unspecified atom stereocenters. The van der Waals surface area contributed by atoms with Crippen LogP contribution in [0.5, 0.6) is 0 Å². The third-order valence-corrected chi connectivity index (χ3v) is 3.18. The molecule has 0 aliphatic rings. The van der Waals surface area contributed by atoms with Crippen LogP contribution in [0.4, 0.5) is 15.8 Å². The molecule has 0 aliphatic carbocycles. The van der Waals surface area contributed by atoms with Crippen molar-refractivity contribution >= 4 is 34.3 Å². The standard InChI is InChI=1S/C10H7ClFN3O2S/c11-9-4-14-10(18-9)5-13-7-1-6(12)2-8(3-7)15(16)17/h1-4,13H,5H2. The molecule has 0 fully saturated rings. The van der Waals surface area contributed by atoms with E-state index in [1.54, 1.807) is 0 Å². The number of halogens is 2. The van der Waals surface area contributed by atoms with Gasteiger partial charge in [-0.2, -0.15) is 0 Å². The number of benzene rings is 1. The predicted molar refractivity (Wildman–Crippen MR) is 67.5 cm³/mol. The van der Waals surface area contributed by atoms with Crippen LogP contribution in [-0.4, -0.2) is 9.91 Å². The normalized spacial score (nSPS) is 10.3. The number of thiazole rings is 1. The van der Waals surface area contributed by atoms with E-state index in [9.17, 15) is 14.5 Å². The van der Waals surface area contributed by atoms with Crippen LogP contribution in [0, 0.1) is 15.9 Å². The molecular weight excluding hydrogens is 281 g/mol. The predicted octanol–water partition coefficient (Wildman–Crippen LogP) is 3.46. The van der Waals surface area contributed by atoms with Crippen molar-refractivity contribution in [2.75, 3.05) is 5.32 Å². The van der Waals surface area contributed by atoms with Crippen molar-refractivity contribution in [1.82, 2.24) is 4.98 Å². The number of nitrogens with one attached hydrogen (secondary N) is 1. The highest BCUT2D eigenvalue weighted by Gasteiger charge is 2.10. The second-order valence-corrected chi connectivity index (χ2v) is 5.11. The molecule has 2 rings (SSSR count). The molecule has 0 amide bonds. The molecule has 0 saturated carbocycles. The van der Waals surface area contributed by atoms with Crippen LogP contribution in [-0.2, 0) is 6.54 Å². The molecule has 0 atom stereocenters. The Hall–Kier alpha value is -1.73. The summed E-state index contributed by atoms with van der Waals surface area (Å²) in [6.45, 7) is 0.331. The summed E-state index contributed by atoms with van der Waals surface area (Å²) in [6.07, 6.45) is 1.51. The van der Waals surface area contributed by atoms with Gasteiger partial charge in [-0.1, -0.05) is 11.6 Å². The summed E-state index contributed by atoms with van der Waals surface area (Å²) in [5.41, 5.74) is 0.0303. The Morgan fingerprint density at radius 3 is 2.89 bits per heavy atom. The van der Waals surface area contributed by atoms with Crippen molar-refractivity contribution in [3.8, 4) is 0 Å². The molecule has 1 heterocycles. The Bertz CT molecular complexity index is 590. The maximum atomic E-state index is 13.1. The van der Waals surface area contributed by atoms with Gasteiger partial charge in [-0.15, -0.1) is 11.3 Å². The zero-order valence-electron chi connectivity index (χ0n) is 8.89. The molecule has 2 aromatic rings. The highest BCUT2D eigenvalue weighted by molar-refractivity contribution is 7.15. The first-order valence-corrected chi connectivity index (χ1v) is 6.03. The fourth-order valence-corrected chi connectivity index (χ4v) is 2.23. The summed E-state index contributed by atoms with van der Waals surface area (Å²) in [7, 11) is 0. The molecular formula is C10H7ClFN3O2S. The van der Waals surface area contributed by atoms with Crippen molar-refractivity contribution in [3.05, 3.63) is 49.7 Å². The lowest BCUT2D eigenvalue weighted by Gasteiger charge is -2.04. The summed E-state index contributed by atoms with van der Waals surface area (Å²) in [6, 6.07) is 3.31. The zero-order chi connectivity index (χ0) is 13.1. The quantitative estimate of drug-likeness (QED) is 0.691. The minimum absolute atomic E-state index is 0.297. The molecule has 0 aliphatic heterocycles. The fourth-order valence-electron chi connectivity index (χ4n) is 1.33. The number of aromatic nitrogens is 1. The number of hydrogen-bond donors (Lipinski definition) is 1. The van der Waals surface area contributed by atoms with Gasteiger partial charge in [-0.05, 0) is 6.07 Å². The first-order chi connectivity index (χ1) is 8.54. The monoisotopic (exact) mass is 287 g/mol. The minimum atomic E-state index is -0.663. The molecule has 0 spiro atoms. The SMILES string of the molecule is O=[N+]([O-])c1cc(F)cc(NCc2ncc(Cl)s2)c1. The summed E-state index contributed by atoms with van der Waals surface area (Å²) < 4.78 is 13.7. The topological polar surface area (TPSA) is 68.1 Å². The van der Waals surface area contributed by atoms with Crippen LogP contribution in [0.15, 0.2) is 24.4 Å². The molecule has 8 heteroatoms. The lowest BCUT2D eigenvalue weighted by atomic mass is 10.2. The van der Waals surface area contributed by atoms with Gasteiger partial charge >= 0.3 is 0 Å². The Labute approximate surface area is 110 Å². The average Bonchev–Trinajstić information content (AvgIpc) is 2.72. The first kappa shape index (κ1) is 12.7. The summed E-state index contributed by atoms with van der Waals surface area (Å²) in [4.78, 5) is 13.9. The molecule has 18 heavy (non-hydrogen) atoms. The van der Waals surface area contributed by atoms with E-state index in [0.29, 0.717) is 21.6 Å². The van der Waals surface area contributed by atoms with Gasteiger partial charge in [-0.3, -0.25) is 10.1 Å². The lowest BCUT2D eigenvalue weighted by Crippen LogP contribution is -2.00. The minimum Gasteiger partial charge on any atom is -0.378 e. The maximum Gasteiger partial charge on any atom is 0.274 e. The molecule has 5 nitrogen and oxygen atoms in total. The average molecular weight is 288 g/mol. The molecule has 0 radical (unpaired) electrons. The molecule has 1 N–H and O–H groups in total. The van der Waals surface area contributed by atoms with Crippen LogP contribution in [0.3, 0.4) is 0 Å². The van der Waals surface area contributed by atoms with Gasteiger partial charge in [-0.25, -0.2) is 9.37 Å². The van der Waals surface area contributed by atoms with E-state index in [-0.39, 0.29) is 5.69 Å². The van der Waals surface area contributed by atoms with Gasteiger partial charge in [0.25, 0.3) is 5.69 Å². The van der Waals surface area contributed by atoms with Gasteiger partial charge < -0.3 is 5.32 Å². The van der Waals surface area contributed by atoms with Crippen molar-refractivity contribution in [2.45, 2.75) is 6.54 Å². The van der Waals surface area contributed by atoms with E-state index >= 15 is 0 Å². The summed E-state index contributed by atoms with van der Waals surface area (Å²) >= 11 is 7.00. The van der Waals surface area contributed by atoms with Crippen molar-refractivity contribution in [1.29, 1.82) is 0 Å². The van der Waals surface area contributed by atoms with Crippen molar-refractivity contribution < 1.29 is 9.31 Å². The number of nitro groups is 1. The molecule has 94 valence electrons. The smallest absolute Gasteiger partial charge is 0.274 e. The van der Waals surface area contributed by atoms with E-state index in [0.717, 1.165) is 6.07 Å². The number of non-ortho nitro benzene ring substituents is 1. The van der Waals surface area contributed by atoms with E-state index in [1.165, 1.54) is 29.7 Å². The fraction of sp³-hybridized carbons (Fsp3) is 0.100. The highest BCUT2D eigenvalue weighted by atomic mass is 35.5. The zero-order valence-corrected chi connectivity index (χ0v) is 10.5. The highest BCUT2D eigenvalue weighted by Crippen LogP contribution is 2.22. The number of anilines is 1. The number of nitro benzene ring substituents is 1. The van der Waals surface area contributed by atoms with Gasteiger partial charge in [0.15, 0.2) is 0 Å². The van der Waals surface area contributed by atoms with Gasteiger partial charge in [0, 0.05) is 11.8 Å². The Morgan fingerprint density at radius 1 is 1.50 bits per heavy atom. The second-order valence-electron chi connectivity index (χ2n) is 3.37. The van der Waals surface area contributed by atoms with Gasteiger partial charge in [0.2, 0.25) is 0 Å². The first-order valence-electron chi connectivity index (χ1n) is 4.83. The van der Waals surface area contributed by atoms with Gasteiger partial charge in [0.05, 0.1) is 23.7 Å². The third-order valence-electron chi connectivity index (χ3n) is 2.06. The van der Waals surface area contributed by atoms with Crippen LogP contribution in [0.1, 0.15) is 5.01 Å². The lowest BCUT2D eigenvalue weighted by molar-refractivity contribution is -0.385. The van der Waals surface area contributed by atoms with Crippen LogP contribution < -0.4 is 5.32 Å². The second kappa shape index (κ2) is 5.28. The third kappa shape index (κ3) is 3.14. The molecule has 1 aromatic heterocycles. The van der Waals surface area contributed by atoms with E-state index in [4.69, 9.17) is 11.6 Å². The van der Waals surface area contributed by atoms with Crippen LogP contribution in [0.25, 0.3) is 0 Å². The van der Waals surface area contributed by atoms with Crippen molar-refractivity contribution in [2.24, 2.45) is 0 Å². The Balaban J connectivity index is 2.11. The molecule has 0 bridgehead atoms. The number of nitrogens with zero attached hydrogens (tertiary/aromatic N) is 2. The number of hydrogen-bond acceptors (Lipinski definition) is 5. The van der Waals surface area contributed by atoms with Crippen molar-refractivity contribution in [3.63, 3.8) is 0 Å². The van der Waals surface area contributed by atoms with E-state index in [1.807, 2.05) is 0 Å². The van der Waals surface area contributed by atoms with Gasteiger partial charge in [0.1, 0.15) is 15.2 Å². The summed E-state index contributed by atoms with van der Waals surface area (Å²) in [5.74, 6) is -0.663.